The molecule has 1 aromatic rings. The van der Waals surface area contributed by atoms with Gasteiger partial charge in [-0.25, -0.2) is 9.48 Å². The monoisotopic (exact) mass is 384 g/mol. The number of rotatable bonds is 4. The number of thioether (sulfide) groups is 2. The van der Waals surface area contributed by atoms with Crippen molar-refractivity contribution in [3.8, 4) is 0 Å². The second-order valence-electron chi connectivity index (χ2n) is 6.75. The molecule has 2 N–H and O–H groups in total. The lowest BCUT2D eigenvalue weighted by Crippen LogP contribution is -2.68. The predicted molar refractivity (Wildman–Crippen MR) is 93.4 cm³/mol. The van der Waals surface area contributed by atoms with Crippen LogP contribution in [0.25, 0.3) is 0 Å². The molecule has 3 heterocycles. The van der Waals surface area contributed by atoms with Crippen molar-refractivity contribution in [2.75, 3.05) is 5.75 Å². The minimum absolute atomic E-state index is 0.00961. The van der Waals surface area contributed by atoms with E-state index in [9.17, 15) is 9.59 Å². The first kappa shape index (κ1) is 18.2. The summed E-state index contributed by atoms with van der Waals surface area (Å²) in [6.07, 6.45) is 1.77. The lowest BCUT2D eigenvalue weighted by Gasteiger charge is -2.48. The van der Waals surface area contributed by atoms with Gasteiger partial charge in [-0.05, 0) is 37.3 Å². The zero-order valence-electron chi connectivity index (χ0n) is 14.4. The van der Waals surface area contributed by atoms with Gasteiger partial charge in [-0.2, -0.15) is 0 Å². The van der Waals surface area contributed by atoms with Crippen LogP contribution >= 0.6 is 23.5 Å². The van der Waals surface area contributed by atoms with Crippen molar-refractivity contribution in [2.24, 2.45) is 12.8 Å². The Labute approximate surface area is 153 Å². The topological polar surface area (TPSA) is 116 Å². The molecule has 1 amide bonds. The normalized spacial score (nSPS) is 26.0. The number of tetrazole rings is 1. The van der Waals surface area contributed by atoms with Crippen LogP contribution in [-0.2, 0) is 21.4 Å². The SMILES string of the molecule is Cn1nnnc1SCC1C=C(C(=O)OC(C)(C)C)N2C(=O)C(N)[C@H]2S1. The molecule has 0 saturated carbocycles. The standard InChI is InChI=1S/C14H20N6O3S2/c1-14(2,3)23-12(22)8-5-7(6-24-13-16-17-18-19(13)4)25-11-9(15)10(21)20(8)11/h5,7,9,11H,6,15H2,1-4H3/t7?,9?,11-/m1/s1. The fourth-order valence-corrected chi connectivity index (χ4v) is 4.88. The number of fused-ring (bicyclic) bond motifs is 1. The van der Waals surface area contributed by atoms with Crippen molar-refractivity contribution in [1.82, 2.24) is 25.1 Å². The third-order valence-electron chi connectivity index (χ3n) is 3.57. The van der Waals surface area contributed by atoms with Crippen LogP contribution < -0.4 is 5.73 Å². The highest BCUT2D eigenvalue weighted by atomic mass is 32.2. The predicted octanol–water partition coefficient (Wildman–Crippen LogP) is 0.139. The number of amides is 1. The second kappa shape index (κ2) is 6.61. The molecule has 0 spiro atoms. The van der Waals surface area contributed by atoms with Crippen LogP contribution in [0, 0.1) is 0 Å². The van der Waals surface area contributed by atoms with Crippen molar-refractivity contribution in [1.29, 1.82) is 0 Å². The van der Waals surface area contributed by atoms with E-state index in [2.05, 4.69) is 15.5 Å². The summed E-state index contributed by atoms with van der Waals surface area (Å²) in [4.78, 5) is 26.0. The van der Waals surface area contributed by atoms with Gasteiger partial charge in [-0.1, -0.05) is 11.8 Å². The fraction of sp³-hybridized carbons (Fsp3) is 0.643. The molecule has 1 saturated heterocycles. The number of esters is 1. The zero-order chi connectivity index (χ0) is 18.4. The van der Waals surface area contributed by atoms with E-state index in [1.165, 1.54) is 16.7 Å². The van der Waals surface area contributed by atoms with Gasteiger partial charge in [0.1, 0.15) is 22.7 Å². The maximum Gasteiger partial charge on any atom is 0.355 e. The van der Waals surface area contributed by atoms with E-state index in [0.717, 1.165) is 0 Å². The van der Waals surface area contributed by atoms with E-state index in [1.54, 1.807) is 50.3 Å². The third-order valence-corrected chi connectivity index (χ3v) is 6.34. The first-order valence-corrected chi connectivity index (χ1v) is 9.64. The van der Waals surface area contributed by atoms with Crippen molar-refractivity contribution < 1.29 is 14.3 Å². The minimum Gasteiger partial charge on any atom is -0.455 e. The number of aromatic nitrogens is 4. The van der Waals surface area contributed by atoms with Crippen LogP contribution in [0.15, 0.2) is 16.9 Å². The molecule has 2 unspecified atom stereocenters. The Balaban J connectivity index is 1.77. The fourth-order valence-electron chi connectivity index (χ4n) is 2.45. The van der Waals surface area contributed by atoms with Crippen molar-refractivity contribution >= 4 is 35.4 Å². The minimum atomic E-state index is -0.636. The molecule has 11 heteroatoms. The van der Waals surface area contributed by atoms with E-state index in [-0.39, 0.29) is 22.2 Å². The average molecular weight is 384 g/mol. The number of nitrogens with two attached hydrogens (primary N) is 1. The van der Waals surface area contributed by atoms with Gasteiger partial charge in [-0.15, -0.1) is 16.9 Å². The number of carbonyl (C=O) groups excluding carboxylic acids is 2. The summed E-state index contributed by atoms with van der Waals surface area (Å²) >= 11 is 3.04. The number of β-lactam (4-membered cyclic amide) rings is 1. The van der Waals surface area contributed by atoms with Crippen LogP contribution in [0.2, 0.25) is 0 Å². The second-order valence-corrected chi connectivity index (χ2v) is 9.10. The third kappa shape index (κ3) is 3.67. The maximum absolute atomic E-state index is 12.5. The molecule has 0 radical (unpaired) electrons. The van der Waals surface area contributed by atoms with E-state index in [4.69, 9.17) is 10.5 Å². The average Bonchev–Trinajstić information content (AvgIpc) is 2.94. The van der Waals surface area contributed by atoms with E-state index < -0.39 is 17.6 Å². The van der Waals surface area contributed by atoms with Gasteiger partial charge in [-0.3, -0.25) is 9.69 Å². The molecule has 2 aliphatic heterocycles. The zero-order valence-corrected chi connectivity index (χ0v) is 16.0. The van der Waals surface area contributed by atoms with Gasteiger partial charge in [0.05, 0.1) is 0 Å². The lowest BCUT2D eigenvalue weighted by molar-refractivity contribution is -0.157. The summed E-state index contributed by atoms with van der Waals surface area (Å²) in [5, 5.41) is 11.8. The summed E-state index contributed by atoms with van der Waals surface area (Å²) < 4.78 is 7.02. The summed E-state index contributed by atoms with van der Waals surface area (Å²) in [5.41, 5.74) is 5.54. The maximum atomic E-state index is 12.5. The molecular weight excluding hydrogens is 364 g/mol. The van der Waals surface area contributed by atoms with E-state index in [1.807, 2.05) is 0 Å². The Morgan fingerprint density at radius 2 is 2.20 bits per heavy atom. The molecular formula is C14H20N6O3S2. The van der Waals surface area contributed by atoms with Gasteiger partial charge >= 0.3 is 5.97 Å². The van der Waals surface area contributed by atoms with Crippen molar-refractivity contribution in [2.45, 2.75) is 48.2 Å². The Morgan fingerprint density at radius 3 is 2.80 bits per heavy atom. The Kier molecular flexibility index (Phi) is 4.82. The molecule has 0 bridgehead atoms. The largest absolute Gasteiger partial charge is 0.455 e. The molecule has 3 rings (SSSR count). The van der Waals surface area contributed by atoms with Crippen molar-refractivity contribution in [3.63, 3.8) is 0 Å². The molecule has 1 fully saturated rings. The van der Waals surface area contributed by atoms with Crippen LogP contribution in [-0.4, -0.2) is 65.0 Å². The number of ether oxygens (including phenoxy) is 1. The first-order valence-electron chi connectivity index (χ1n) is 7.72. The highest BCUT2D eigenvalue weighted by molar-refractivity contribution is 8.03. The lowest BCUT2D eigenvalue weighted by atomic mass is 10.1. The van der Waals surface area contributed by atoms with Crippen LogP contribution in [0.1, 0.15) is 20.8 Å². The first-order chi connectivity index (χ1) is 11.7. The highest BCUT2D eigenvalue weighted by Gasteiger charge is 2.52. The molecule has 0 aromatic carbocycles. The molecule has 25 heavy (non-hydrogen) atoms. The Bertz CT molecular complexity index is 728. The van der Waals surface area contributed by atoms with Gasteiger partial charge in [0.15, 0.2) is 0 Å². The van der Waals surface area contributed by atoms with Crippen LogP contribution in [0.5, 0.6) is 0 Å². The molecule has 136 valence electrons. The van der Waals surface area contributed by atoms with Gasteiger partial charge < -0.3 is 10.5 Å². The van der Waals surface area contributed by atoms with Gasteiger partial charge in [0, 0.05) is 18.1 Å². The highest BCUT2D eigenvalue weighted by Crippen LogP contribution is 2.41. The molecule has 3 atom stereocenters. The summed E-state index contributed by atoms with van der Waals surface area (Å²) in [5.74, 6) is -0.109. The van der Waals surface area contributed by atoms with E-state index in [0.29, 0.717) is 10.9 Å². The Hall–Kier alpha value is -1.59. The number of aryl methyl sites for hydroxylation is 1. The molecule has 1 aromatic heterocycles. The van der Waals surface area contributed by atoms with Crippen molar-refractivity contribution in [3.05, 3.63) is 11.8 Å². The number of hydrogen-bond acceptors (Lipinski definition) is 9. The van der Waals surface area contributed by atoms with Gasteiger partial charge in [0.2, 0.25) is 11.1 Å². The van der Waals surface area contributed by atoms with Gasteiger partial charge in [0.25, 0.3) is 0 Å². The molecule has 9 nitrogen and oxygen atoms in total. The molecule has 0 aliphatic carbocycles. The Morgan fingerprint density at radius 1 is 1.48 bits per heavy atom. The summed E-state index contributed by atoms with van der Waals surface area (Å²) in [6.45, 7) is 5.37. The van der Waals surface area contributed by atoms with Crippen LogP contribution in [0.3, 0.4) is 0 Å². The quantitative estimate of drug-likeness (QED) is 0.439. The number of nitrogens with zero attached hydrogens (tertiary/aromatic N) is 5. The number of hydrogen-bond donors (Lipinski definition) is 1. The smallest absolute Gasteiger partial charge is 0.355 e. The van der Waals surface area contributed by atoms with Crippen LogP contribution in [0.4, 0.5) is 0 Å². The summed E-state index contributed by atoms with van der Waals surface area (Å²) in [7, 11) is 1.76. The summed E-state index contributed by atoms with van der Waals surface area (Å²) in [6, 6.07) is -0.597. The van der Waals surface area contributed by atoms with E-state index >= 15 is 0 Å². The number of carbonyl (C=O) groups is 2. The molecule has 2 aliphatic rings.